The Bertz CT molecular complexity index is 1310. The van der Waals surface area contributed by atoms with Crippen LogP contribution >= 0.6 is 0 Å². The fraction of sp³-hybridized carbons (Fsp3) is 0.429. The van der Waals surface area contributed by atoms with E-state index in [0.29, 0.717) is 19.8 Å². The first kappa shape index (κ1) is 23.1. The summed E-state index contributed by atoms with van der Waals surface area (Å²) in [7, 11) is 0. The van der Waals surface area contributed by atoms with Gasteiger partial charge >= 0.3 is 0 Å². The number of aromatic nitrogens is 1. The van der Waals surface area contributed by atoms with Gasteiger partial charge in [0.15, 0.2) is 11.4 Å². The fourth-order valence-electron chi connectivity index (χ4n) is 6.37. The molecule has 2 aliphatic carbocycles. The van der Waals surface area contributed by atoms with Crippen molar-refractivity contribution in [3.63, 3.8) is 0 Å². The van der Waals surface area contributed by atoms with E-state index in [-0.39, 0.29) is 30.3 Å². The van der Waals surface area contributed by atoms with Crippen LogP contribution in [0.2, 0.25) is 0 Å². The van der Waals surface area contributed by atoms with E-state index in [1.807, 2.05) is 4.90 Å². The molecule has 188 valence electrons. The minimum Gasteiger partial charge on any atom is -0.502 e. The zero-order chi connectivity index (χ0) is 24.8. The summed E-state index contributed by atoms with van der Waals surface area (Å²) in [5, 5.41) is 22.4. The smallest absolute Gasteiger partial charge is 0.278 e. The number of likely N-dealkylation sites (tertiary alicyclic amines) is 1. The van der Waals surface area contributed by atoms with Gasteiger partial charge in [0.2, 0.25) is 5.43 Å². The summed E-state index contributed by atoms with van der Waals surface area (Å²) < 4.78 is 1.71. The third kappa shape index (κ3) is 3.76. The van der Waals surface area contributed by atoms with Gasteiger partial charge in [-0.25, -0.2) is 0 Å². The molecule has 3 heterocycles. The minimum atomic E-state index is -0.550. The van der Waals surface area contributed by atoms with Crippen LogP contribution in [0.15, 0.2) is 64.6 Å². The van der Waals surface area contributed by atoms with Crippen LogP contribution in [-0.2, 0) is 6.42 Å². The molecule has 8 nitrogen and oxygen atoms in total. The lowest BCUT2D eigenvalue weighted by Crippen LogP contribution is -2.58. The molecule has 1 amide bonds. The lowest BCUT2D eigenvalue weighted by atomic mass is 9.88. The summed E-state index contributed by atoms with van der Waals surface area (Å²) in [6.07, 6.45) is 10.7. The Morgan fingerprint density at radius 2 is 1.92 bits per heavy atom. The average Bonchev–Trinajstić information content (AvgIpc) is 3.28. The van der Waals surface area contributed by atoms with Gasteiger partial charge in [-0.05, 0) is 54.4 Å². The van der Waals surface area contributed by atoms with Gasteiger partial charge in [0.25, 0.3) is 5.91 Å². The number of aliphatic hydroxyl groups is 1. The number of carbonyl (C=O) groups is 1. The lowest BCUT2D eigenvalue weighted by molar-refractivity contribution is 0.0591. The van der Waals surface area contributed by atoms with Crippen LogP contribution in [0.25, 0.3) is 0 Å². The van der Waals surface area contributed by atoms with Crippen molar-refractivity contribution < 1.29 is 15.0 Å². The molecule has 36 heavy (non-hydrogen) atoms. The van der Waals surface area contributed by atoms with Gasteiger partial charge in [-0.15, -0.1) is 0 Å². The molecule has 1 fully saturated rings. The van der Waals surface area contributed by atoms with Gasteiger partial charge in [0.05, 0.1) is 12.6 Å². The first-order chi connectivity index (χ1) is 17.6. The first-order valence-corrected chi connectivity index (χ1v) is 12.9. The van der Waals surface area contributed by atoms with Gasteiger partial charge in [-0.1, -0.05) is 36.4 Å². The number of nitrogens with zero attached hydrogens (tertiary/aromatic N) is 4. The molecule has 2 atom stereocenters. The van der Waals surface area contributed by atoms with E-state index >= 15 is 0 Å². The lowest BCUT2D eigenvalue weighted by Gasteiger charge is -2.46. The fourth-order valence-corrected chi connectivity index (χ4v) is 6.37. The number of hydrogen-bond donors (Lipinski definition) is 2. The number of aromatic hydroxyl groups is 1. The molecule has 0 saturated carbocycles. The molecule has 0 spiro atoms. The number of fused-ring (bicyclic) bond motifs is 2. The van der Waals surface area contributed by atoms with Gasteiger partial charge < -0.3 is 15.1 Å². The molecule has 0 bridgehead atoms. The maximum Gasteiger partial charge on any atom is 0.278 e. The molecule has 1 aromatic heterocycles. The highest BCUT2D eigenvalue weighted by Crippen LogP contribution is 2.42. The molecule has 4 aliphatic rings. The Labute approximate surface area is 210 Å². The number of pyridine rings is 1. The molecule has 1 aromatic carbocycles. The van der Waals surface area contributed by atoms with Crippen molar-refractivity contribution in [2.45, 2.75) is 44.2 Å². The number of aliphatic hydroxyl groups excluding tert-OH is 1. The van der Waals surface area contributed by atoms with Crippen LogP contribution in [0.1, 0.15) is 53.3 Å². The van der Waals surface area contributed by atoms with Gasteiger partial charge in [0, 0.05) is 37.9 Å². The molecule has 1 saturated heterocycles. The van der Waals surface area contributed by atoms with Crippen LogP contribution in [0.5, 0.6) is 5.75 Å². The molecule has 0 radical (unpaired) electrons. The Kier molecular flexibility index (Phi) is 5.93. The normalized spacial score (nSPS) is 24.0. The number of carbonyl (C=O) groups excluding carboxylic acids is 1. The molecule has 8 heteroatoms. The zero-order valence-electron chi connectivity index (χ0n) is 20.3. The summed E-state index contributed by atoms with van der Waals surface area (Å²) in [5.41, 5.74) is 4.66. The second kappa shape index (κ2) is 9.26. The Morgan fingerprint density at radius 3 is 2.78 bits per heavy atom. The summed E-state index contributed by atoms with van der Waals surface area (Å²) in [5.74, 6) is -0.820. The van der Waals surface area contributed by atoms with Gasteiger partial charge in [-0.2, -0.15) is 0 Å². The van der Waals surface area contributed by atoms with E-state index in [1.165, 1.54) is 28.3 Å². The largest absolute Gasteiger partial charge is 0.502 e. The number of aryl methyl sites for hydroxylation is 1. The van der Waals surface area contributed by atoms with E-state index in [1.54, 1.807) is 10.9 Å². The quantitative estimate of drug-likeness (QED) is 0.687. The second-order valence-corrected chi connectivity index (χ2v) is 10.1. The van der Waals surface area contributed by atoms with Crippen molar-refractivity contribution in [2.24, 2.45) is 0 Å². The summed E-state index contributed by atoms with van der Waals surface area (Å²) >= 11 is 0. The van der Waals surface area contributed by atoms with E-state index in [9.17, 15) is 19.8 Å². The Balaban J connectivity index is 1.50. The number of amides is 1. The van der Waals surface area contributed by atoms with Crippen LogP contribution in [0, 0.1) is 0 Å². The molecule has 2 N–H and O–H groups in total. The number of hydrogen-bond acceptors (Lipinski definition) is 6. The van der Waals surface area contributed by atoms with E-state index in [4.69, 9.17) is 0 Å². The SMILES string of the molecule is O=C1c2c(O)c(=O)ccn2N(C2C3=C(C=CCC3)CCc3ccccc32)CN1[C@@H]1CCN(CCO)C1. The number of allylic oxidation sites excluding steroid dienone is 3. The average molecular weight is 489 g/mol. The predicted molar refractivity (Wildman–Crippen MR) is 136 cm³/mol. The third-order valence-electron chi connectivity index (χ3n) is 8.15. The zero-order valence-corrected chi connectivity index (χ0v) is 20.3. The predicted octanol–water partition coefficient (Wildman–Crippen LogP) is 2.31. The van der Waals surface area contributed by atoms with Crippen molar-refractivity contribution >= 4 is 5.91 Å². The van der Waals surface area contributed by atoms with Crippen molar-refractivity contribution in [1.82, 2.24) is 14.5 Å². The van der Waals surface area contributed by atoms with Crippen molar-refractivity contribution in [3.8, 4) is 5.75 Å². The van der Waals surface area contributed by atoms with Crippen molar-refractivity contribution in [3.05, 3.63) is 86.9 Å². The van der Waals surface area contributed by atoms with E-state index in [0.717, 1.165) is 38.6 Å². The summed E-state index contributed by atoms with van der Waals surface area (Å²) in [6.45, 7) is 2.47. The molecule has 1 unspecified atom stereocenters. The monoisotopic (exact) mass is 488 g/mol. The van der Waals surface area contributed by atoms with Crippen LogP contribution in [0.4, 0.5) is 0 Å². The topological polar surface area (TPSA) is 89.2 Å². The van der Waals surface area contributed by atoms with E-state index in [2.05, 4.69) is 46.3 Å². The minimum absolute atomic E-state index is 0.0320. The molecule has 2 aliphatic heterocycles. The maximum absolute atomic E-state index is 13.8. The molecule has 2 aromatic rings. The highest BCUT2D eigenvalue weighted by molar-refractivity contribution is 5.96. The molecule has 6 rings (SSSR count). The van der Waals surface area contributed by atoms with Crippen molar-refractivity contribution in [2.75, 3.05) is 37.9 Å². The molecular weight excluding hydrogens is 456 g/mol. The molecular formula is C28H32N4O4. The highest BCUT2D eigenvalue weighted by atomic mass is 16.3. The van der Waals surface area contributed by atoms with Crippen molar-refractivity contribution in [1.29, 1.82) is 0 Å². The number of benzene rings is 1. The Morgan fingerprint density at radius 1 is 1.06 bits per heavy atom. The van der Waals surface area contributed by atoms with Crippen LogP contribution in [-0.4, -0.2) is 69.5 Å². The number of β-amino-alcohol motifs (C(OH)–C–C–N with tert-alkyl or cyclic N) is 1. The third-order valence-corrected chi connectivity index (χ3v) is 8.15. The summed E-state index contributed by atoms with van der Waals surface area (Å²) in [6, 6.07) is 9.67. The first-order valence-electron chi connectivity index (χ1n) is 12.9. The standard InChI is InChI=1S/C28H32N4O4/c33-16-15-29-13-11-21(17-29)30-18-32(31-14-12-24(34)27(35)26(31)28(30)36)25-22-7-3-1-5-19(22)9-10-20-6-2-4-8-23(20)25/h1-3,5-7,12,14,21,25,33,35H,4,8-11,13,15-18H2/t21-,25?/m1/s1. The highest BCUT2D eigenvalue weighted by Gasteiger charge is 2.42. The van der Waals surface area contributed by atoms with Crippen LogP contribution in [0.3, 0.4) is 0 Å². The van der Waals surface area contributed by atoms with Crippen LogP contribution < -0.4 is 10.4 Å². The van der Waals surface area contributed by atoms with Gasteiger partial charge in [0.1, 0.15) is 6.67 Å². The summed E-state index contributed by atoms with van der Waals surface area (Å²) in [4.78, 5) is 30.2. The second-order valence-electron chi connectivity index (χ2n) is 10.1. The Hall–Kier alpha value is -3.36. The number of rotatable bonds is 4. The van der Waals surface area contributed by atoms with E-state index < -0.39 is 11.2 Å². The van der Waals surface area contributed by atoms with Gasteiger partial charge in [-0.3, -0.25) is 24.2 Å². The maximum atomic E-state index is 13.8.